The highest BCUT2D eigenvalue weighted by atomic mass is 16.1. The Balaban J connectivity index is 1.69. The number of aromatic nitrogens is 2. The van der Waals surface area contributed by atoms with E-state index in [2.05, 4.69) is 39.1 Å². The lowest BCUT2D eigenvalue weighted by atomic mass is 10.0. The van der Waals surface area contributed by atoms with Gasteiger partial charge in [-0.2, -0.15) is 0 Å². The van der Waals surface area contributed by atoms with Gasteiger partial charge in [-0.25, -0.2) is 4.98 Å². The van der Waals surface area contributed by atoms with Gasteiger partial charge in [0, 0.05) is 25.1 Å². The number of H-pyrrole nitrogens is 1. The number of aryl methyl sites for hydroxylation is 1. The average Bonchev–Trinajstić information content (AvgIpc) is 2.87. The first-order chi connectivity index (χ1) is 9.70. The summed E-state index contributed by atoms with van der Waals surface area (Å²) in [4.78, 5) is 21.1. The van der Waals surface area contributed by atoms with Gasteiger partial charge >= 0.3 is 0 Å². The molecule has 1 saturated heterocycles. The Labute approximate surface area is 118 Å². The summed E-state index contributed by atoms with van der Waals surface area (Å²) in [5.41, 5.74) is 2.22. The summed E-state index contributed by atoms with van der Waals surface area (Å²) < 4.78 is 0. The SMILES string of the molecule is Cc1nc([C@H]2CCN(Cc3ccccc3)C2)cc(=O)[nH]1. The maximum Gasteiger partial charge on any atom is 0.251 e. The van der Waals surface area contributed by atoms with E-state index in [-0.39, 0.29) is 5.56 Å². The first-order valence-electron chi connectivity index (χ1n) is 7.05. The predicted molar refractivity (Wildman–Crippen MR) is 78.7 cm³/mol. The third kappa shape index (κ3) is 2.96. The second-order valence-electron chi connectivity index (χ2n) is 5.46. The van der Waals surface area contributed by atoms with Gasteiger partial charge in [-0.15, -0.1) is 0 Å². The lowest BCUT2D eigenvalue weighted by Gasteiger charge is -2.16. The zero-order valence-corrected chi connectivity index (χ0v) is 11.7. The van der Waals surface area contributed by atoms with Gasteiger partial charge in [0.05, 0.1) is 5.69 Å². The van der Waals surface area contributed by atoms with Crippen LogP contribution in [0.5, 0.6) is 0 Å². The van der Waals surface area contributed by atoms with Crippen LogP contribution in [0.1, 0.15) is 29.4 Å². The second-order valence-corrected chi connectivity index (χ2v) is 5.46. The van der Waals surface area contributed by atoms with Crippen LogP contribution in [0.4, 0.5) is 0 Å². The number of nitrogens with one attached hydrogen (secondary N) is 1. The molecule has 2 aromatic rings. The maximum absolute atomic E-state index is 11.5. The molecule has 1 aromatic carbocycles. The molecule has 2 heterocycles. The van der Waals surface area contributed by atoms with Crippen molar-refractivity contribution in [1.29, 1.82) is 0 Å². The molecule has 0 bridgehead atoms. The fourth-order valence-corrected chi connectivity index (χ4v) is 2.87. The van der Waals surface area contributed by atoms with Gasteiger partial charge in [0.15, 0.2) is 0 Å². The van der Waals surface area contributed by atoms with E-state index in [1.165, 1.54) is 5.56 Å². The molecule has 0 saturated carbocycles. The number of benzene rings is 1. The monoisotopic (exact) mass is 269 g/mol. The van der Waals surface area contributed by atoms with Crippen LogP contribution in [0.15, 0.2) is 41.2 Å². The molecule has 1 N–H and O–H groups in total. The van der Waals surface area contributed by atoms with Gasteiger partial charge in [-0.3, -0.25) is 9.69 Å². The molecule has 20 heavy (non-hydrogen) atoms. The van der Waals surface area contributed by atoms with Gasteiger partial charge in [0.25, 0.3) is 5.56 Å². The Bertz CT molecular complexity index is 636. The standard InChI is InChI=1S/C16H19N3O/c1-12-17-15(9-16(20)18-12)14-7-8-19(11-14)10-13-5-3-2-4-6-13/h2-6,9,14H,7-8,10-11H2,1H3,(H,17,18,20)/t14-/m0/s1. The number of likely N-dealkylation sites (tertiary alicyclic amines) is 1. The molecule has 0 radical (unpaired) electrons. The molecule has 0 aliphatic carbocycles. The molecular weight excluding hydrogens is 250 g/mol. The van der Waals surface area contributed by atoms with Crippen molar-refractivity contribution in [1.82, 2.24) is 14.9 Å². The van der Waals surface area contributed by atoms with E-state index < -0.39 is 0 Å². The lowest BCUT2D eigenvalue weighted by Crippen LogP contribution is -2.20. The van der Waals surface area contributed by atoms with E-state index >= 15 is 0 Å². The molecule has 1 aliphatic rings. The first-order valence-corrected chi connectivity index (χ1v) is 7.05. The Morgan fingerprint density at radius 1 is 1.35 bits per heavy atom. The Kier molecular flexibility index (Phi) is 3.65. The van der Waals surface area contributed by atoms with Crippen LogP contribution in [-0.2, 0) is 6.54 Å². The van der Waals surface area contributed by atoms with Crippen LogP contribution < -0.4 is 5.56 Å². The minimum atomic E-state index is -0.0472. The van der Waals surface area contributed by atoms with Crippen molar-refractivity contribution in [3.63, 3.8) is 0 Å². The highest BCUT2D eigenvalue weighted by Crippen LogP contribution is 2.26. The normalized spacial score (nSPS) is 19.4. The fraction of sp³-hybridized carbons (Fsp3) is 0.375. The number of hydrogen-bond acceptors (Lipinski definition) is 3. The van der Waals surface area contributed by atoms with Crippen LogP contribution in [0.25, 0.3) is 0 Å². The third-order valence-corrected chi connectivity index (χ3v) is 3.82. The third-order valence-electron chi connectivity index (χ3n) is 3.82. The smallest absolute Gasteiger partial charge is 0.251 e. The van der Waals surface area contributed by atoms with E-state index in [9.17, 15) is 4.79 Å². The second kappa shape index (κ2) is 5.59. The van der Waals surface area contributed by atoms with Crippen molar-refractivity contribution >= 4 is 0 Å². The molecule has 1 fully saturated rings. The van der Waals surface area contributed by atoms with E-state index in [0.717, 1.165) is 31.7 Å². The molecule has 0 spiro atoms. The quantitative estimate of drug-likeness (QED) is 0.928. The summed E-state index contributed by atoms with van der Waals surface area (Å²) in [7, 11) is 0. The average molecular weight is 269 g/mol. The number of rotatable bonds is 3. The summed E-state index contributed by atoms with van der Waals surface area (Å²) in [6, 6.07) is 12.1. The van der Waals surface area contributed by atoms with E-state index in [4.69, 9.17) is 0 Å². The predicted octanol–water partition coefficient (Wildman–Crippen LogP) is 2.07. The molecule has 4 heteroatoms. The van der Waals surface area contributed by atoms with Crippen molar-refractivity contribution in [3.05, 3.63) is 63.8 Å². The van der Waals surface area contributed by atoms with Crippen molar-refractivity contribution in [3.8, 4) is 0 Å². The zero-order chi connectivity index (χ0) is 13.9. The van der Waals surface area contributed by atoms with E-state index in [1.54, 1.807) is 6.07 Å². The van der Waals surface area contributed by atoms with Gasteiger partial charge < -0.3 is 4.98 Å². The Hall–Kier alpha value is -1.94. The summed E-state index contributed by atoms with van der Waals surface area (Å²) in [6.07, 6.45) is 1.07. The number of nitrogens with zero attached hydrogens (tertiary/aromatic N) is 2. The Morgan fingerprint density at radius 3 is 2.90 bits per heavy atom. The van der Waals surface area contributed by atoms with Crippen molar-refractivity contribution in [2.45, 2.75) is 25.8 Å². The first kappa shape index (κ1) is 13.1. The van der Waals surface area contributed by atoms with Crippen LogP contribution in [0.3, 0.4) is 0 Å². The molecule has 4 nitrogen and oxygen atoms in total. The molecular formula is C16H19N3O. The molecule has 0 amide bonds. The van der Waals surface area contributed by atoms with Gasteiger partial charge in [-0.05, 0) is 25.5 Å². The van der Waals surface area contributed by atoms with Gasteiger partial charge in [0.1, 0.15) is 5.82 Å². The fourth-order valence-electron chi connectivity index (χ4n) is 2.87. The van der Waals surface area contributed by atoms with Crippen molar-refractivity contribution < 1.29 is 0 Å². The van der Waals surface area contributed by atoms with Crippen molar-refractivity contribution in [2.75, 3.05) is 13.1 Å². The largest absolute Gasteiger partial charge is 0.311 e. The zero-order valence-electron chi connectivity index (χ0n) is 11.7. The molecule has 1 aliphatic heterocycles. The molecule has 104 valence electrons. The minimum absolute atomic E-state index is 0.0472. The summed E-state index contributed by atoms with van der Waals surface area (Å²) in [5, 5.41) is 0. The van der Waals surface area contributed by atoms with E-state index in [1.807, 2.05) is 13.0 Å². The summed E-state index contributed by atoms with van der Waals surface area (Å²) in [6.45, 7) is 4.85. The van der Waals surface area contributed by atoms with Crippen LogP contribution in [-0.4, -0.2) is 28.0 Å². The van der Waals surface area contributed by atoms with Gasteiger partial charge in [0.2, 0.25) is 0 Å². The van der Waals surface area contributed by atoms with Gasteiger partial charge in [-0.1, -0.05) is 30.3 Å². The molecule has 1 aromatic heterocycles. The van der Waals surface area contributed by atoms with Crippen molar-refractivity contribution in [2.24, 2.45) is 0 Å². The molecule has 0 unspecified atom stereocenters. The highest BCUT2D eigenvalue weighted by Gasteiger charge is 2.25. The minimum Gasteiger partial charge on any atom is -0.311 e. The summed E-state index contributed by atoms with van der Waals surface area (Å²) >= 11 is 0. The summed E-state index contributed by atoms with van der Waals surface area (Å²) in [5.74, 6) is 1.08. The maximum atomic E-state index is 11.5. The topological polar surface area (TPSA) is 49.0 Å². The lowest BCUT2D eigenvalue weighted by molar-refractivity contribution is 0.326. The number of aromatic amines is 1. The van der Waals surface area contributed by atoms with Crippen LogP contribution in [0, 0.1) is 6.92 Å². The molecule has 1 atom stereocenters. The van der Waals surface area contributed by atoms with Crippen LogP contribution in [0.2, 0.25) is 0 Å². The Morgan fingerprint density at radius 2 is 2.15 bits per heavy atom. The highest BCUT2D eigenvalue weighted by molar-refractivity contribution is 5.16. The molecule has 3 rings (SSSR count). The number of hydrogen-bond donors (Lipinski definition) is 1. The van der Waals surface area contributed by atoms with Crippen LogP contribution >= 0.6 is 0 Å². The van der Waals surface area contributed by atoms with E-state index in [0.29, 0.717) is 11.7 Å².